The van der Waals surface area contributed by atoms with Crippen LogP contribution >= 0.6 is 0 Å². The van der Waals surface area contributed by atoms with E-state index in [1.54, 1.807) is 0 Å². The van der Waals surface area contributed by atoms with E-state index in [9.17, 15) is 8.42 Å². The molecule has 0 aliphatic heterocycles. The summed E-state index contributed by atoms with van der Waals surface area (Å²) in [5, 5.41) is 0. The zero-order valence-electron chi connectivity index (χ0n) is 9.78. The van der Waals surface area contributed by atoms with E-state index in [2.05, 4.69) is 5.43 Å². The van der Waals surface area contributed by atoms with Crippen LogP contribution < -0.4 is 11.3 Å². The lowest BCUT2D eigenvalue weighted by atomic mass is 10.1. The van der Waals surface area contributed by atoms with Crippen molar-refractivity contribution < 1.29 is 12.8 Å². The van der Waals surface area contributed by atoms with Crippen LogP contribution in [0.1, 0.15) is 29.5 Å². The van der Waals surface area contributed by atoms with Gasteiger partial charge in [0.15, 0.2) is 0 Å². The van der Waals surface area contributed by atoms with Crippen molar-refractivity contribution in [3.63, 3.8) is 0 Å². The number of hydrogen-bond donors (Lipinski definition) is 2. The summed E-state index contributed by atoms with van der Waals surface area (Å²) in [6, 6.07) is 1.69. The molecule has 16 heavy (non-hydrogen) atoms. The molecular formula is C10H18N2O3S. The van der Waals surface area contributed by atoms with Crippen molar-refractivity contribution in [1.29, 1.82) is 0 Å². The minimum absolute atomic E-state index is 0.103. The first kappa shape index (κ1) is 13.2. The summed E-state index contributed by atoms with van der Waals surface area (Å²) in [6.45, 7) is 3.69. The fraction of sp³-hybridized carbons (Fsp3) is 0.600. The average Bonchev–Trinajstić information content (AvgIpc) is 2.45. The van der Waals surface area contributed by atoms with Crippen LogP contribution in [0, 0.1) is 13.8 Å². The van der Waals surface area contributed by atoms with E-state index in [0.29, 0.717) is 6.42 Å². The number of hydrazine groups is 1. The van der Waals surface area contributed by atoms with Gasteiger partial charge in [0, 0.05) is 11.8 Å². The molecule has 0 saturated heterocycles. The Morgan fingerprint density at radius 3 is 2.50 bits per heavy atom. The first-order chi connectivity index (χ1) is 7.33. The van der Waals surface area contributed by atoms with Gasteiger partial charge in [-0.3, -0.25) is 11.3 Å². The fourth-order valence-corrected chi connectivity index (χ4v) is 2.32. The second-order valence-electron chi connectivity index (χ2n) is 4.01. The quantitative estimate of drug-likeness (QED) is 0.594. The second kappa shape index (κ2) is 4.99. The number of hydrogen-bond acceptors (Lipinski definition) is 5. The Morgan fingerprint density at radius 2 is 2.12 bits per heavy atom. The molecule has 1 rings (SSSR count). The molecule has 3 N–H and O–H groups in total. The maximum atomic E-state index is 11.1. The molecule has 0 bridgehead atoms. The Labute approximate surface area is 95.9 Å². The van der Waals surface area contributed by atoms with Gasteiger partial charge in [0.25, 0.3) is 0 Å². The van der Waals surface area contributed by atoms with E-state index in [1.807, 2.05) is 19.9 Å². The van der Waals surface area contributed by atoms with Crippen molar-refractivity contribution in [2.45, 2.75) is 26.3 Å². The number of sulfone groups is 1. The Bertz CT molecular complexity index is 451. The monoisotopic (exact) mass is 246 g/mol. The molecule has 1 unspecified atom stereocenters. The van der Waals surface area contributed by atoms with Gasteiger partial charge in [0.1, 0.15) is 21.4 Å². The number of nitrogens with one attached hydrogen (secondary N) is 1. The number of rotatable bonds is 5. The predicted octanol–water partition coefficient (Wildman–Crippen LogP) is 0.836. The largest absolute Gasteiger partial charge is 0.466 e. The lowest BCUT2D eigenvalue weighted by Crippen LogP contribution is -2.29. The van der Waals surface area contributed by atoms with Crippen LogP contribution in [0.4, 0.5) is 0 Å². The molecule has 1 heterocycles. The third kappa shape index (κ3) is 3.62. The topological polar surface area (TPSA) is 85.3 Å². The Kier molecular flexibility index (Phi) is 4.12. The molecule has 0 saturated carbocycles. The first-order valence-electron chi connectivity index (χ1n) is 5.04. The van der Waals surface area contributed by atoms with Gasteiger partial charge in [-0.2, -0.15) is 0 Å². The minimum Gasteiger partial charge on any atom is -0.466 e. The van der Waals surface area contributed by atoms with Gasteiger partial charge in [-0.25, -0.2) is 8.42 Å². The zero-order valence-corrected chi connectivity index (χ0v) is 10.6. The summed E-state index contributed by atoms with van der Waals surface area (Å²) >= 11 is 0. The summed E-state index contributed by atoms with van der Waals surface area (Å²) in [5.74, 6) is 7.10. The van der Waals surface area contributed by atoms with Gasteiger partial charge >= 0.3 is 0 Å². The molecular weight excluding hydrogens is 228 g/mol. The molecule has 0 radical (unpaired) electrons. The standard InChI is InChI=1S/C10H18N2O3S/c1-7-6-9(8(2)15-7)10(12-11)4-5-16(3,13)14/h6,10,12H,4-5,11H2,1-3H3. The fourth-order valence-electron chi connectivity index (χ4n) is 1.66. The minimum atomic E-state index is -2.97. The molecule has 1 aromatic rings. The van der Waals surface area contributed by atoms with Gasteiger partial charge in [-0.05, 0) is 26.3 Å². The average molecular weight is 246 g/mol. The van der Waals surface area contributed by atoms with Crippen LogP contribution in [0.5, 0.6) is 0 Å². The van der Waals surface area contributed by atoms with Gasteiger partial charge in [-0.1, -0.05) is 0 Å². The molecule has 1 atom stereocenters. The van der Waals surface area contributed by atoms with E-state index >= 15 is 0 Å². The normalized spacial score (nSPS) is 14.0. The highest BCUT2D eigenvalue weighted by atomic mass is 32.2. The van der Waals surface area contributed by atoms with Crippen LogP contribution in [-0.2, 0) is 9.84 Å². The SMILES string of the molecule is Cc1cc(C(CCS(C)(=O)=O)NN)c(C)o1. The van der Waals surface area contributed by atoms with Crippen LogP contribution in [0.3, 0.4) is 0 Å². The van der Waals surface area contributed by atoms with Crippen molar-refractivity contribution in [1.82, 2.24) is 5.43 Å². The highest BCUT2D eigenvalue weighted by molar-refractivity contribution is 7.90. The lowest BCUT2D eigenvalue weighted by Gasteiger charge is -2.14. The maximum Gasteiger partial charge on any atom is 0.147 e. The van der Waals surface area contributed by atoms with Crippen molar-refractivity contribution in [3.05, 3.63) is 23.2 Å². The van der Waals surface area contributed by atoms with Crippen molar-refractivity contribution in [2.24, 2.45) is 5.84 Å². The van der Waals surface area contributed by atoms with Crippen LogP contribution in [-0.4, -0.2) is 20.4 Å². The number of nitrogens with two attached hydrogens (primary N) is 1. The molecule has 0 aliphatic carbocycles. The van der Waals surface area contributed by atoms with Gasteiger partial charge < -0.3 is 4.42 Å². The Balaban J connectivity index is 2.79. The van der Waals surface area contributed by atoms with Crippen LogP contribution in [0.2, 0.25) is 0 Å². The summed E-state index contributed by atoms with van der Waals surface area (Å²) in [5.41, 5.74) is 3.54. The van der Waals surface area contributed by atoms with Crippen LogP contribution in [0.25, 0.3) is 0 Å². The smallest absolute Gasteiger partial charge is 0.147 e. The lowest BCUT2D eigenvalue weighted by molar-refractivity contribution is 0.480. The maximum absolute atomic E-state index is 11.1. The van der Waals surface area contributed by atoms with Crippen molar-refractivity contribution in [2.75, 3.05) is 12.0 Å². The van der Waals surface area contributed by atoms with E-state index < -0.39 is 9.84 Å². The summed E-state index contributed by atoms with van der Waals surface area (Å²) in [4.78, 5) is 0. The Hall–Kier alpha value is -0.850. The van der Waals surface area contributed by atoms with Crippen LogP contribution in [0.15, 0.2) is 10.5 Å². The highest BCUT2D eigenvalue weighted by Gasteiger charge is 2.17. The van der Waals surface area contributed by atoms with E-state index in [0.717, 1.165) is 17.1 Å². The molecule has 0 amide bonds. The molecule has 0 fully saturated rings. The number of furan rings is 1. The van der Waals surface area contributed by atoms with E-state index in [4.69, 9.17) is 10.3 Å². The number of aryl methyl sites for hydroxylation is 2. The zero-order chi connectivity index (χ0) is 12.3. The molecule has 5 nitrogen and oxygen atoms in total. The highest BCUT2D eigenvalue weighted by Crippen LogP contribution is 2.23. The molecule has 0 aliphatic rings. The summed E-state index contributed by atoms with van der Waals surface area (Å²) < 4.78 is 27.5. The summed E-state index contributed by atoms with van der Waals surface area (Å²) in [6.07, 6.45) is 1.66. The molecule has 1 aromatic heterocycles. The third-order valence-corrected chi connectivity index (χ3v) is 3.41. The van der Waals surface area contributed by atoms with E-state index in [-0.39, 0.29) is 11.8 Å². The van der Waals surface area contributed by atoms with Gasteiger partial charge in [-0.15, -0.1) is 0 Å². The van der Waals surface area contributed by atoms with Crippen molar-refractivity contribution >= 4 is 9.84 Å². The molecule has 0 aromatic carbocycles. The van der Waals surface area contributed by atoms with E-state index in [1.165, 1.54) is 6.26 Å². The van der Waals surface area contributed by atoms with Gasteiger partial charge in [0.2, 0.25) is 0 Å². The van der Waals surface area contributed by atoms with Gasteiger partial charge in [0.05, 0.1) is 11.8 Å². The third-order valence-electron chi connectivity index (χ3n) is 2.43. The summed E-state index contributed by atoms with van der Waals surface area (Å²) in [7, 11) is -2.97. The first-order valence-corrected chi connectivity index (χ1v) is 7.10. The molecule has 0 spiro atoms. The molecule has 6 heteroatoms. The second-order valence-corrected chi connectivity index (χ2v) is 6.27. The van der Waals surface area contributed by atoms with Crippen molar-refractivity contribution in [3.8, 4) is 0 Å². The Morgan fingerprint density at radius 1 is 1.50 bits per heavy atom. The molecule has 92 valence electrons. The predicted molar refractivity (Wildman–Crippen MR) is 62.6 cm³/mol.